The van der Waals surface area contributed by atoms with Crippen LogP contribution in [0.3, 0.4) is 0 Å². The minimum atomic E-state index is -3.81. The smallest absolute Gasteiger partial charge is 0.263 e. The van der Waals surface area contributed by atoms with E-state index in [9.17, 15) is 13.2 Å². The minimum Gasteiger partial charge on any atom is -0.497 e. The first-order chi connectivity index (χ1) is 14.7. The molecule has 162 valence electrons. The Labute approximate surface area is 181 Å². The number of nitrogens with zero attached hydrogens (tertiary/aromatic N) is 2. The Morgan fingerprint density at radius 3 is 2.29 bits per heavy atom. The summed E-state index contributed by atoms with van der Waals surface area (Å²) in [5.74, 6) is 1.30. The molecule has 0 aliphatic carbocycles. The van der Waals surface area contributed by atoms with Gasteiger partial charge in [0.25, 0.3) is 10.0 Å². The van der Waals surface area contributed by atoms with E-state index in [1.165, 1.54) is 12.1 Å². The van der Waals surface area contributed by atoms with E-state index in [0.717, 1.165) is 11.3 Å². The zero-order valence-corrected chi connectivity index (χ0v) is 18.4. The number of carbonyl (C=O) groups excluding carboxylic acids is 1. The van der Waals surface area contributed by atoms with Crippen LogP contribution < -0.4 is 14.8 Å². The van der Waals surface area contributed by atoms with Crippen molar-refractivity contribution in [3.05, 3.63) is 71.7 Å². The van der Waals surface area contributed by atoms with Crippen molar-refractivity contribution >= 4 is 27.4 Å². The van der Waals surface area contributed by atoms with Crippen LogP contribution in [0.25, 0.3) is 0 Å². The van der Waals surface area contributed by atoms with Crippen molar-refractivity contribution in [3.8, 4) is 5.75 Å². The molecule has 31 heavy (non-hydrogen) atoms. The quantitative estimate of drug-likeness (QED) is 0.555. The Bertz CT molecular complexity index is 1140. The molecule has 0 aliphatic heterocycles. The number of aryl methyl sites for hydroxylation is 3. The van der Waals surface area contributed by atoms with Gasteiger partial charge in [0.1, 0.15) is 17.4 Å². The highest BCUT2D eigenvalue weighted by atomic mass is 32.2. The van der Waals surface area contributed by atoms with E-state index in [4.69, 9.17) is 4.74 Å². The molecule has 9 heteroatoms. The van der Waals surface area contributed by atoms with Gasteiger partial charge in [0, 0.05) is 23.9 Å². The lowest BCUT2D eigenvalue weighted by atomic mass is 10.1. The van der Waals surface area contributed by atoms with Gasteiger partial charge in [-0.05, 0) is 62.2 Å². The standard InChI is InChI=1S/C22H24N4O4S/c1-15-14-21(24-16(2)23-15)26-31(28,29)20-11-7-18(8-12-20)25-22(27)13-6-17-4-9-19(30-3)10-5-17/h4-5,7-12,14H,6,13H2,1-3H3,(H,25,27)(H,23,24,26). The second-order valence-electron chi connectivity index (χ2n) is 6.97. The fourth-order valence-corrected chi connectivity index (χ4v) is 3.95. The maximum Gasteiger partial charge on any atom is 0.263 e. The number of ether oxygens (including phenoxy) is 1. The van der Waals surface area contributed by atoms with Crippen LogP contribution in [0, 0.1) is 13.8 Å². The van der Waals surface area contributed by atoms with Gasteiger partial charge in [0.05, 0.1) is 12.0 Å². The van der Waals surface area contributed by atoms with Crippen LogP contribution in [0.2, 0.25) is 0 Å². The van der Waals surface area contributed by atoms with Gasteiger partial charge in [0.15, 0.2) is 0 Å². The van der Waals surface area contributed by atoms with E-state index >= 15 is 0 Å². The van der Waals surface area contributed by atoms with E-state index < -0.39 is 10.0 Å². The molecule has 0 atom stereocenters. The first kappa shape index (κ1) is 22.2. The summed E-state index contributed by atoms with van der Waals surface area (Å²) in [5, 5.41) is 2.78. The molecule has 2 N–H and O–H groups in total. The average Bonchev–Trinajstić information content (AvgIpc) is 2.72. The molecule has 1 aromatic heterocycles. The summed E-state index contributed by atoms with van der Waals surface area (Å²) in [4.78, 5) is 20.5. The maximum absolute atomic E-state index is 12.6. The first-order valence-corrected chi connectivity index (χ1v) is 11.1. The van der Waals surface area contributed by atoms with Crippen molar-refractivity contribution in [1.82, 2.24) is 9.97 Å². The van der Waals surface area contributed by atoms with Crippen molar-refractivity contribution < 1.29 is 17.9 Å². The van der Waals surface area contributed by atoms with Gasteiger partial charge in [-0.25, -0.2) is 18.4 Å². The number of aromatic nitrogens is 2. The van der Waals surface area contributed by atoms with Crippen molar-refractivity contribution in [3.63, 3.8) is 0 Å². The SMILES string of the molecule is COc1ccc(CCC(=O)Nc2ccc(S(=O)(=O)Nc3cc(C)nc(C)n3)cc2)cc1. The zero-order chi connectivity index (χ0) is 22.4. The molecule has 3 aromatic rings. The molecule has 3 rings (SSSR count). The Morgan fingerprint density at radius 2 is 1.68 bits per heavy atom. The van der Waals surface area contributed by atoms with Gasteiger partial charge in [0.2, 0.25) is 5.91 Å². The molecule has 0 unspecified atom stereocenters. The maximum atomic E-state index is 12.6. The molecule has 1 amide bonds. The first-order valence-electron chi connectivity index (χ1n) is 9.63. The molecule has 8 nitrogen and oxygen atoms in total. The molecule has 0 radical (unpaired) electrons. The number of anilines is 2. The summed E-state index contributed by atoms with van der Waals surface area (Å²) in [7, 11) is -2.20. The monoisotopic (exact) mass is 440 g/mol. The van der Waals surface area contributed by atoms with Crippen LogP contribution in [-0.4, -0.2) is 31.4 Å². The number of hydrogen-bond acceptors (Lipinski definition) is 6. The highest BCUT2D eigenvalue weighted by Gasteiger charge is 2.16. The fraction of sp³-hybridized carbons (Fsp3) is 0.227. The van der Waals surface area contributed by atoms with Crippen molar-refractivity contribution in [1.29, 1.82) is 0 Å². The summed E-state index contributed by atoms with van der Waals surface area (Å²) < 4.78 is 32.8. The highest BCUT2D eigenvalue weighted by Crippen LogP contribution is 2.18. The Kier molecular flexibility index (Phi) is 6.86. The van der Waals surface area contributed by atoms with E-state index in [1.807, 2.05) is 24.3 Å². The van der Waals surface area contributed by atoms with Crippen LogP contribution in [-0.2, 0) is 21.2 Å². The molecule has 0 aliphatic rings. The van der Waals surface area contributed by atoms with Gasteiger partial charge >= 0.3 is 0 Å². The van der Waals surface area contributed by atoms with Crippen LogP contribution in [0.15, 0.2) is 59.5 Å². The van der Waals surface area contributed by atoms with Gasteiger partial charge < -0.3 is 10.1 Å². The number of amides is 1. The van der Waals surface area contributed by atoms with E-state index in [2.05, 4.69) is 20.0 Å². The summed E-state index contributed by atoms with van der Waals surface area (Å²) in [6, 6.07) is 15.1. The van der Waals surface area contributed by atoms with Crippen molar-refractivity contribution in [2.75, 3.05) is 17.1 Å². The molecule has 0 fully saturated rings. The number of nitrogens with one attached hydrogen (secondary N) is 2. The summed E-state index contributed by atoms with van der Waals surface area (Å²) in [6.45, 7) is 3.45. The normalized spacial score (nSPS) is 11.1. The lowest BCUT2D eigenvalue weighted by Gasteiger charge is -2.10. The predicted molar refractivity (Wildman–Crippen MR) is 119 cm³/mol. The number of carbonyl (C=O) groups is 1. The summed E-state index contributed by atoms with van der Waals surface area (Å²) in [6.07, 6.45) is 0.893. The van der Waals surface area contributed by atoms with Crippen molar-refractivity contribution in [2.24, 2.45) is 0 Å². The number of hydrogen-bond donors (Lipinski definition) is 2. The van der Waals surface area contributed by atoms with Gasteiger partial charge in [-0.3, -0.25) is 9.52 Å². The number of rotatable bonds is 8. The molecule has 1 heterocycles. The Morgan fingerprint density at radius 1 is 1.00 bits per heavy atom. The molecule has 0 saturated heterocycles. The average molecular weight is 441 g/mol. The topological polar surface area (TPSA) is 110 Å². The van der Waals surface area contributed by atoms with Gasteiger partial charge in [-0.15, -0.1) is 0 Å². The number of methoxy groups -OCH3 is 1. The van der Waals surface area contributed by atoms with E-state index in [-0.39, 0.29) is 16.6 Å². The molecule has 0 spiro atoms. The molecule has 0 saturated carbocycles. The second kappa shape index (κ2) is 9.57. The molecular weight excluding hydrogens is 416 g/mol. The van der Waals surface area contributed by atoms with E-state index in [1.54, 1.807) is 39.2 Å². The minimum absolute atomic E-state index is 0.0673. The van der Waals surface area contributed by atoms with Crippen LogP contribution in [0.1, 0.15) is 23.5 Å². The van der Waals surface area contributed by atoms with Crippen LogP contribution in [0.4, 0.5) is 11.5 Å². The Hall–Kier alpha value is -3.46. The van der Waals surface area contributed by atoms with E-state index in [0.29, 0.717) is 30.0 Å². The molecule has 2 aromatic carbocycles. The third-order valence-corrected chi connectivity index (χ3v) is 5.82. The lowest BCUT2D eigenvalue weighted by molar-refractivity contribution is -0.116. The fourth-order valence-electron chi connectivity index (χ4n) is 2.96. The van der Waals surface area contributed by atoms with Crippen molar-refractivity contribution in [2.45, 2.75) is 31.6 Å². The van der Waals surface area contributed by atoms with Gasteiger partial charge in [-0.2, -0.15) is 0 Å². The van der Waals surface area contributed by atoms with Crippen LogP contribution >= 0.6 is 0 Å². The summed E-state index contributed by atoms with van der Waals surface area (Å²) in [5.41, 5.74) is 2.21. The second-order valence-corrected chi connectivity index (χ2v) is 8.65. The molecule has 0 bridgehead atoms. The zero-order valence-electron chi connectivity index (χ0n) is 17.5. The van der Waals surface area contributed by atoms with Crippen LogP contribution in [0.5, 0.6) is 5.75 Å². The highest BCUT2D eigenvalue weighted by molar-refractivity contribution is 7.92. The predicted octanol–water partition coefficient (Wildman–Crippen LogP) is 3.47. The Balaban J connectivity index is 1.58. The molecular formula is C22H24N4O4S. The largest absolute Gasteiger partial charge is 0.497 e. The third-order valence-electron chi connectivity index (χ3n) is 4.45. The summed E-state index contributed by atoms with van der Waals surface area (Å²) >= 11 is 0. The van der Waals surface area contributed by atoms with Gasteiger partial charge in [-0.1, -0.05) is 12.1 Å². The lowest BCUT2D eigenvalue weighted by Crippen LogP contribution is -2.15. The number of sulfonamides is 1. The number of benzene rings is 2. The third kappa shape index (κ3) is 6.26.